The molecule has 1 aliphatic heterocycles. The molecule has 7 heteroatoms. The number of nitrogens with one attached hydrogen (secondary N) is 1. The summed E-state index contributed by atoms with van der Waals surface area (Å²) in [6.07, 6.45) is -0.409. The molecule has 0 spiro atoms. The number of benzene rings is 1. The molecule has 0 radical (unpaired) electrons. The van der Waals surface area contributed by atoms with Gasteiger partial charge in [-0.3, -0.25) is 4.79 Å². The summed E-state index contributed by atoms with van der Waals surface area (Å²) in [5.41, 5.74) is 1.11. The molecule has 1 heterocycles. The Morgan fingerprint density at radius 3 is 2.27 bits per heavy atom. The van der Waals surface area contributed by atoms with Gasteiger partial charge in [0.1, 0.15) is 5.75 Å². The van der Waals surface area contributed by atoms with Gasteiger partial charge in [-0.15, -0.1) is 0 Å². The van der Waals surface area contributed by atoms with E-state index in [4.69, 9.17) is 9.84 Å². The zero-order chi connectivity index (χ0) is 19.1. The molecule has 2 N–H and O–H groups in total. The molecule has 1 aliphatic rings. The van der Waals surface area contributed by atoms with Gasteiger partial charge in [0.25, 0.3) is 0 Å². The summed E-state index contributed by atoms with van der Waals surface area (Å²) in [4.78, 5) is 27.7. The number of ether oxygens (including phenoxy) is 1. The van der Waals surface area contributed by atoms with Crippen LogP contribution in [-0.2, 0) is 4.79 Å². The van der Waals surface area contributed by atoms with Gasteiger partial charge < -0.3 is 25.0 Å². The van der Waals surface area contributed by atoms with E-state index in [9.17, 15) is 9.59 Å². The Morgan fingerprint density at radius 2 is 1.77 bits per heavy atom. The number of methoxy groups -OCH3 is 1. The summed E-state index contributed by atoms with van der Waals surface area (Å²) in [7, 11) is 1.65. The molecule has 0 aliphatic carbocycles. The first-order valence-electron chi connectivity index (χ1n) is 9.05. The number of piperazine rings is 1. The summed E-state index contributed by atoms with van der Waals surface area (Å²) >= 11 is 0. The molecule has 0 bridgehead atoms. The quantitative estimate of drug-likeness (QED) is 0.777. The largest absolute Gasteiger partial charge is 0.497 e. The first kappa shape index (κ1) is 19.9. The molecule has 2 rings (SSSR count). The van der Waals surface area contributed by atoms with Gasteiger partial charge in [-0.2, -0.15) is 0 Å². The molecule has 1 aromatic carbocycles. The van der Waals surface area contributed by atoms with Crippen LogP contribution in [0.25, 0.3) is 0 Å². The van der Waals surface area contributed by atoms with Crippen molar-refractivity contribution >= 4 is 17.7 Å². The molecule has 7 nitrogen and oxygen atoms in total. The van der Waals surface area contributed by atoms with Crippen molar-refractivity contribution in [2.24, 2.45) is 11.8 Å². The third-order valence-corrected chi connectivity index (χ3v) is 4.63. The smallest absolute Gasteiger partial charge is 0.404 e. The Kier molecular flexibility index (Phi) is 7.12. The number of amides is 2. The number of carbonyl (C=O) groups is 2. The highest BCUT2D eigenvalue weighted by atomic mass is 16.5. The molecule has 0 saturated carbocycles. The first-order valence-corrected chi connectivity index (χ1v) is 9.05. The fraction of sp³-hybridized carbons (Fsp3) is 0.579. The predicted octanol–water partition coefficient (Wildman–Crippen LogP) is 2.27. The van der Waals surface area contributed by atoms with E-state index < -0.39 is 6.09 Å². The second-order valence-electron chi connectivity index (χ2n) is 7.02. The molecule has 144 valence electrons. The number of hydrogen-bond acceptors (Lipinski definition) is 4. The number of carboxylic acid groups (broad SMARTS) is 1. The van der Waals surface area contributed by atoms with Crippen molar-refractivity contribution in [3.05, 3.63) is 24.3 Å². The molecular weight excluding hydrogens is 334 g/mol. The lowest BCUT2D eigenvalue weighted by Gasteiger charge is -2.38. The van der Waals surface area contributed by atoms with Crippen molar-refractivity contribution < 1.29 is 19.4 Å². The van der Waals surface area contributed by atoms with Crippen LogP contribution in [0.1, 0.15) is 20.3 Å². The van der Waals surface area contributed by atoms with Crippen LogP contribution in [-0.4, -0.2) is 61.8 Å². The fourth-order valence-corrected chi connectivity index (χ4v) is 3.29. The molecular formula is C19H29N3O4. The minimum Gasteiger partial charge on any atom is -0.497 e. The van der Waals surface area contributed by atoms with Crippen molar-refractivity contribution in [3.8, 4) is 5.75 Å². The van der Waals surface area contributed by atoms with Gasteiger partial charge in [0, 0.05) is 38.4 Å². The van der Waals surface area contributed by atoms with Gasteiger partial charge in [-0.1, -0.05) is 13.8 Å². The first-order chi connectivity index (χ1) is 12.4. The predicted molar refractivity (Wildman–Crippen MR) is 101 cm³/mol. The number of anilines is 1. The van der Waals surface area contributed by atoms with Crippen LogP contribution >= 0.6 is 0 Å². The fourth-order valence-electron chi connectivity index (χ4n) is 3.29. The van der Waals surface area contributed by atoms with Gasteiger partial charge >= 0.3 is 6.09 Å². The molecule has 0 aromatic heterocycles. The van der Waals surface area contributed by atoms with Crippen molar-refractivity contribution in [1.82, 2.24) is 10.2 Å². The maximum atomic E-state index is 12.8. The van der Waals surface area contributed by atoms with Crippen molar-refractivity contribution in [2.75, 3.05) is 44.7 Å². The SMILES string of the molecule is COc1ccc(N2CCN(C(=O)[C@H](CNC(=O)O)CC(C)C)CC2)cc1. The maximum Gasteiger partial charge on any atom is 0.404 e. The summed E-state index contributed by atoms with van der Waals surface area (Å²) in [6, 6.07) is 7.91. The van der Waals surface area contributed by atoms with E-state index in [1.807, 2.05) is 43.0 Å². The Bertz CT molecular complexity index is 595. The van der Waals surface area contributed by atoms with Crippen LogP contribution in [0.5, 0.6) is 5.75 Å². The monoisotopic (exact) mass is 363 g/mol. The highest BCUT2D eigenvalue weighted by Gasteiger charge is 2.28. The third-order valence-electron chi connectivity index (χ3n) is 4.63. The van der Waals surface area contributed by atoms with Crippen molar-refractivity contribution in [2.45, 2.75) is 20.3 Å². The molecule has 26 heavy (non-hydrogen) atoms. The molecule has 2 amide bonds. The van der Waals surface area contributed by atoms with E-state index in [0.29, 0.717) is 25.4 Å². The van der Waals surface area contributed by atoms with Gasteiger partial charge in [0.15, 0.2) is 0 Å². The van der Waals surface area contributed by atoms with Gasteiger partial charge in [-0.05, 0) is 36.6 Å². The van der Waals surface area contributed by atoms with Crippen LogP contribution in [0.4, 0.5) is 10.5 Å². The van der Waals surface area contributed by atoms with E-state index in [-0.39, 0.29) is 18.4 Å². The minimum atomic E-state index is -1.09. The summed E-state index contributed by atoms with van der Waals surface area (Å²) in [5, 5.41) is 11.2. The van der Waals surface area contributed by atoms with Crippen LogP contribution in [0, 0.1) is 11.8 Å². The Balaban J connectivity index is 1.92. The number of carbonyl (C=O) groups excluding carboxylic acids is 1. The van der Waals surface area contributed by atoms with Gasteiger partial charge in [0.2, 0.25) is 5.91 Å². The topological polar surface area (TPSA) is 82.1 Å². The van der Waals surface area contributed by atoms with Crippen molar-refractivity contribution in [3.63, 3.8) is 0 Å². The lowest BCUT2D eigenvalue weighted by Crippen LogP contribution is -2.51. The van der Waals surface area contributed by atoms with Gasteiger partial charge in [-0.25, -0.2) is 4.79 Å². The van der Waals surface area contributed by atoms with Crippen LogP contribution in [0.3, 0.4) is 0 Å². The maximum absolute atomic E-state index is 12.8. The molecule has 1 atom stereocenters. The second kappa shape index (κ2) is 9.31. The normalized spacial score (nSPS) is 15.7. The summed E-state index contributed by atoms with van der Waals surface area (Å²) in [6.45, 7) is 7.08. The zero-order valence-electron chi connectivity index (χ0n) is 15.8. The molecule has 1 fully saturated rings. The zero-order valence-corrected chi connectivity index (χ0v) is 15.8. The standard InChI is InChI=1S/C19H29N3O4/c1-14(2)12-15(13-20-19(24)25)18(23)22-10-8-21(9-11-22)16-4-6-17(26-3)7-5-16/h4-7,14-15,20H,8-13H2,1-3H3,(H,24,25)/t15-/m0/s1. The Hall–Kier alpha value is -2.44. The van der Waals surface area contributed by atoms with E-state index in [0.717, 1.165) is 24.5 Å². The minimum absolute atomic E-state index is 0.0434. The molecule has 1 aromatic rings. The van der Waals surface area contributed by atoms with E-state index in [1.54, 1.807) is 7.11 Å². The lowest BCUT2D eigenvalue weighted by molar-refractivity contribution is -0.136. The van der Waals surface area contributed by atoms with E-state index >= 15 is 0 Å². The number of hydrogen-bond donors (Lipinski definition) is 2. The Labute approximate surface area is 154 Å². The van der Waals surface area contributed by atoms with Crippen LogP contribution in [0.15, 0.2) is 24.3 Å². The summed E-state index contributed by atoms with van der Waals surface area (Å²) < 4.78 is 5.18. The average molecular weight is 363 g/mol. The average Bonchev–Trinajstić information content (AvgIpc) is 2.64. The second-order valence-corrected chi connectivity index (χ2v) is 7.02. The van der Waals surface area contributed by atoms with Crippen molar-refractivity contribution in [1.29, 1.82) is 0 Å². The highest BCUT2D eigenvalue weighted by Crippen LogP contribution is 2.22. The van der Waals surface area contributed by atoms with Crippen LogP contribution in [0.2, 0.25) is 0 Å². The van der Waals surface area contributed by atoms with E-state index in [1.165, 1.54) is 0 Å². The lowest BCUT2D eigenvalue weighted by atomic mass is 9.95. The Morgan fingerprint density at radius 1 is 1.15 bits per heavy atom. The van der Waals surface area contributed by atoms with E-state index in [2.05, 4.69) is 10.2 Å². The summed E-state index contributed by atoms with van der Waals surface area (Å²) in [5.74, 6) is 0.894. The highest BCUT2D eigenvalue weighted by molar-refractivity contribution is 5.80. The third kappa shape index (κ3) is 5.54. The molecule has 1 saturated heterocycles. The van der Waals surface area contributed by atoms with Gasteiger partial charge in [0.05, 0.1) is 13.0 Å². The van der Waals surface area contributed by atoms with Crippen LogP contribution < -0.4 is 15.0 Å². The number of rotatable bonds is 7. The molecule has 0 unspecified atom stereocenters. The number of nitrogens with zero attached hydrogens (tertiary/aromatic N) is 2.